The third-order valence-corrected chi connectivity index (χ3v) is 5.41. The summed E-state index contributed by atoms with van der Waals surface area (Å²) in [5, 5.41) is 16.9. The third-order valence-electron chi connectivity index (χ3n) is 5.41. The van der Waals surface area contributed by atoms with Gasteiger partial charge in [0.25, 0.3) is 5.91 Å². The molecule has 3 heterocycles. The average Bonchev–Trinajstić information content (AvgIpc) is 3.37. The Morgan fingerprint density at radius 1 is 1.29 bits per heavy atom. The molecule has 3 aromatic rings. The van der Waals surface area contributed by atoms with Gasteiger partial charge in [-0.05, 0) is 57.7 Å². The second kappa shape index (κ2) is 10.3. The fourth-order valence-electron chi connectivity index (χ4n) is 4.01. The molecular formula is C25H34N4O5. The van der Waals surface area contributed by atoms with Gasteiger partial charge in [0.15, 0.2) is 11.5 Å². The molecule has 3 rings (SSSR count). The lowest BCUT2D eigenvalue weighted by Gasteiger charge is -2.23. The SMILES string of the molecule is COC(=O)c1c(NC(=O)c2ccco2)c2cc(NC(C)CC(C)(C)O)cnc2n1CCC(C)C. The number of furan rings is 1. The second-order valence-corrected chi connectivity index (χ2v) is 9.64. The highest BCUT2D eigenvalue weighted by atomic mass is 16.5. The lowest BCUT2D eigenvalue weighted by molar-refractivity contribution is 0.0589. The fraction of sp³-hybridized carbons (Fsp3) is 0.480. The molecular weight excluding hydrogens is 436 g/mol. The number of ether oxygens (including phenoxy) is 1. The number of rotatable bonds is 10. The first-order chi connectivity index (χ1) is 16.0. The van der Waals surface area contributed by atoms with Crippen LogP contribution in [0.5, 0.6) is 0 Å². The van der Waals surface area contributed by atoms with E-state index in [0.29, 0.717) is 41.3 Å². The van der Waals surface area contributed by atoms with Gasteiger partial charge < -0.3 is 29.5 Å². The minimum absolute atomic E-state index is 0.0384. The van der Waals surface area contributed by atoms with Crippen molar-refractivity contribution >= 4 is 34.3 Å². The maximum Gasteiger partial charge on any atom is 0.356 e. The Hall–Kier alpha value is -3.33. The van der Waals surface area contributed by atoms with Crippen molar-refractivity contribution in [3.8, 4) is 0 Å². The van der Waals surface area contributed by atoms with Crippen molar-refractivity contribution in [3.63, 3.8) is 0 Å². The van der Waals surface area contributed by atoms with Crippen molar-refractivity contribution in [2.24, 2.45) is 5.92 Å². The zero-order valence-corrected chi connectivity index (χ0v) is 20.6. The zero-order chi connectivity index (χ0) is 25.0. The number of hydrogen-bond acceptors (Lipinski definition) is 7. The number of esters is 1. The van der Waals surface area contributed by atoms with Crippen LogP contribution in [0, 0.1) is 5.92 Å². The van der Waals surface area contributed by atoms with E-state index in [4.69, 9.17) is 9.15 Å². The summed E-state index contributed by atoms with van der Waals surface area (Å²) in [6.07, 6.45) is 4.43. The summed E-state index contributed by atoms with van der Waals surface area (Å²) in [4.78, 5) is 30.3. The van der Waals surface area contributed by atoms with Crippen molar-refractivity contribution in [1.82, 2.24) is 9.55 Å². The van der Waals surface area contributed by atoms with E-state index in [1.165, 1.54) is 13.4 Å². The van der Waals surface area contributed by atoms with Gasteiger partial charge in [0.1, 0.15) is 5.65 Å². The number of nitrogens with one attached hydrogen (secondary N) is 2. The van der Waals surface area contributed by atoms with Gasteiger partial charge in [-0.15, -0.1) is 0 Å². The Kier molecular flexibility index (Phi) is 7.66. The molecule has 0 fully saturated rings. The van der Waals surface area contributed by atoms with E-state index in [9.17, 15) is 14.7 Å². The predicted octanol–water partition coefficient (Wildman–Crippen LogP) is 4.68. The molecule has 1 atom stereocenters. The highest BCUT2D eigenvalue weighted by Gasteiger charge is 2.27. The van der Waals surface area contributed by atoms with Gasteiger partial charge in [-0.3, -0.25) is 4.79 Å². The summed E-state index contributed by atoms with van der Waals surface area (Å²) in [6, 6.07) is 4.98. The molecule has 0 saturated heterocycles. The summed E-state index contributed by atoms with van der Waals surface area (Å²) in [5.41, 5.74) is 0.988. The number of hydrogen-bond donors (Lipinski definition) is 3. The molecule has 9 heteroatoms. The number of pyridine rings is 1. The molecule has 184 valence electrons. The fourth-order valence-corrected chi connectivity index (χ4v) is 4.01. The standard InChI is InChI=1S/C25H34N4O5/c1-15(2)9-10-29-21(24(31)33-6)20(28-23(30)19-8-7-11-34-19)18-12-17(14-26-22(18)29)27-16(3)13-25(4,5)32/h7-8,11-12,14-16,27,32H,9-10,13H2,1-6H3,(H,28,30). The van der Waals surface area contributed by atoms with Crippen LogP contribution in [0.25, 0.3) is 11.0 Å². The lowest BCUT2D eigenvalue weighted by atomic mass is 10.0. The van der Waals surface area contributed by atoms with E-state index in [0.717, 1.165) is 6.42 Å². The van der Waals surface area contributed by atoms with Gasteiger partial charge in [0.05, 0.1) is 36.5 Å². The largest absolute Gasteiger partial charge is 0.464 e. The van der Waals surface area contributed by atoms with E-state index in [2.05, 4.69) is 29.5 Å². The summed E-state index contributed by atoms with van der Waals surface area (Å²) >= 11 is 0. The minimum Gasteiger partial charge on any atom is -0.464 e. The van der Waals surface area contributed by atoms with E-state index >= 15 is 0 Å². The molecule has 0 aliphatic rings. The monoisotopic (exact) mass is 470 g/mol. The maximum atomic E-state index is 12.9. The van der Waals surface area contributed by atoms with Crippen LogP contribution in [0.2, 0.25) is 0 Å². The average molecular weight is 471 g/mol. The number of amides is 1. The number of aromatic nitrogens is 2. The molecule has 34 heavy (non-hydrogen) atoms. The van der Waals surface area contributed by atoms with Crippen LogP contribution in [0.1, 0.15) is 68.5 Å². The van der Waals surface area contributed by atoms with Gasteiger partial charge in [-0.1, -0.05) is 13.8 Å². The van der Waals surface area contributed by atoms with Crippen molar-refractivity contribution in [3.05, 3.63) is 42.1 Å². The molecule has 0 bridgehead atoms. The molecule has 1 unspecified atom stereocenters. The lowest BCUT2D eigenvalue weighted by Crippen LogP contribution is -2.29. The topological polar surface area (TPSA) is 119 Å². The van der Waals surface area contributed by atoms with Gasteiger partial charge in [0.2, 0.25) is 0 Å². The molecule has 0 saturated carbocycles. The highest BCUT2D eigenvalue weighted by Crippen LogP contribution is 2.34. The molecule has 0 spiro atoms. The van der Waals surface area contributed by atoms with Gasteiger partial charge in [0, 0.05) is 18.0 Å². The Bertz CT molecular complexity index is 1140. The molecule has 9 nitrogen and oxygen atoms in total. The van der Waals surface area contributed by atoms with Crippen LogP contribution in [-0.4, -0.2) is 45.3 Å². The number of carbonyl (C=O) groups excluding carboxylic acids is 2. The minimum atomic E-state index is -0.829. The number of methoxy groups -OCH3 is 1. The molecule has 0 aliphatic heterocycles. The number of anilines is 2. The smallest absolute Gasteiger partial charge is 0.356 e. The Morgan fingerprint density at radius 3 is 2.62 bits per heavy atom. The number of aryl methyl sites for hydroxylation is 1. The van der Waals surface area contributed by atoms with Crippen molar-refractivity contribution in [2.75, 3.05) is 17.7 Å². The molecule has 0 aromatic carbocycles. The van der Waals surface area contributed by atoms with Crippen LogP contribution in [0.4, 0.5) is 11.4 Å². The van der Waals surface area contributed by atoms with Gasteiger partial charge in [-0.2, -0.15) is 0 Å². The molecule has 3 N–H and O–H groups in total. The van der Waals surface area contributed by atoms with E-state index in [1.54, 1.807) is 36.7 Å². The first kappa shape index (κ1) is 25.3. The normalized spacial score (nSPS) is 12.7. The number of carbonyl (C=O) groups is 2. The van der Waals surface area contributed by atoms with E-state index in [-0.39, 0.29) is 17.5 Å². The predicted molar refractivity (Wildman–Crippen MR) is 131 cm³/mol. The summed E-state index contributed by atoms with van der Waals surface area (Å²) in [7, 11) is 1.31. The van der Waals surface area contributed by atoms with Crippen LogP contribution in [0.15, 0.2) is 35.1 Å². The number of fused-ring (bicyclic) bond motifs is 1. The third kappa shape index (κ3) is 5.96. The summed E-state index contributed by atoms with van der Waals surface area (Å²) in [6.45, 7) is 10.2. The molecule has 3 aromatic heterocycles. The van der Waals surface area contributed by atoms with Crippen LogP contribution >= 0.6 is 0 Å². The molecule has 0 radical (unpaired) electrons. The Morgan fingerprint density at radius 2 is 2.03 bits per heavy atom. The van der Waals surface area contributed by atoms with Gasteiger partial charge in [-0.25, -0.2) is 9.78 Å². The summed E-state index contributed by atoms with van der Waals surface area (Å²) < 4.78 is 12.1. The Labute approximate surface area is 199 Å². The van der Waals surface area contributed by atoms with Crippen LogP contribution in [-0.2, 0) is 11.3 Å². The van der Waals surface area contributed by atoms with E-state index in [1.807, 2.05) is 13.0 Å². The van der Waals surface area contributed by atoms with Crippen LogP contribution in [0.3, 0.4) is 0 Å². The maximum absolute atomic E-state index is 12.9. The molecule has 1 amide bonds. The number of aliphatic hydroxyl groups is 1. The van der Waals surface area contributed by atoms with E-state index < -0.39 is 17.5 Å². The summed E-state index contributed by atoms with van der Waals surface area (Å²) in [5.74, 6) is -0.527. The zero-order valence-electron chi connectivity index (χ0n) is 20.6. The highest BCUT2D eigenvalue weighted by molar-refractivity contribution is 6.14. The Balaban J connectivity index is 2.11. The van der Waals surface area contributed by atoms with Gasteiger partial charge >= 0.3 is 5.97 Å². The van der Waals surface area contributed by atoms with Crippen molar-refractivity contribution in [2.45, 2.75) is 65.6 Å². The van der Waals surface area contributed by atoms with Crippen molar-refractivity contribution < 1.29 is 23.8 Å². The first-order valence-corrected chi connectivity index (χ1v) is 11.4. The molecule has 0 aliphatic carbocycles. The quantitative estimate of drug-likeness (QED) is 0.368. The first-order valence-electron chi connectivity index (χ1n) is 11.4. The number of nitrogens with zero attached hydrogens (tertiary/aromatic N) is 2. The van der Waals surface area contributed by atoms with Crippen molar-refractivity contribution in [1.29, 1.82) is 0 Å². The van der Waals surface area contributed by atoms with Crippen LogP contribution < -0.4 is 10.6 Å². The second-order valence-electron chi connectivity index (χ2n) is 9.64.